The first-order valence-corrected chi connectivity index (χ1v) is 31.7. The molecule has 0 radical (unpaired) electrons. The molecule has 0 unspecified atom stereocenters. The Labute approximate surface area is 553 Å². The third-order valence-electron chi connectivity index (χ3n) is 17.9. The number of nitrogens with zero attached hydrogens (tertiary/aromatic N) is 10. The molecule has 4 aromatic heterocycles. The molecular weight excluding hydrogens is 1170 g/mol. The van der Waals surface area contributed by atoms with Crippen molar-refractivity contribution in [1.82, 2.24) is 39.0 Å². The molecule has 10 heteroatoms. The van der Waals surface area contributed by atoms with E-state index in [2.05, 4.69) is 167 Å². The highest BCUT2D eigenvalue weighted by Gasteiger charge is 2.25. The van der Waals surface area contributed by atoms with Crippen LogP contribution in [-0.2, 0) is 0 Å². The maximum atomic E-state index is 10.2. The van der Waals surface area contributed by atoms with Crippen molar-refractivity contribution in [2.75, 3.05) is 0 Å². The predicted molar refractivity (Wildman–Crippen MR) is 386 cm³/mol. The largest absolute Gasteiger partial charge is 0.309 e. The molecule has 10 nitrogen and oxygen atoms in total. The van der Waals surface area contributed by atoms with Gasteiger partial charge in [0.25, 0.3) is 0 Å². The summed E-state index contributed by atoms with van der Waals surface area (Å²) in [6.07, 6.45) is 0. The number of rotatable bonds is 12. The lowest BCUT2D eigenvalue weighted by molar-refractivity contribution is 1.06. The van der Waals surface area contributed by atoms with Gasteiger partial charge >= 0.3 is 0 Å². The van der Waals surface area contributed by atoms with Crippen molar-refractivity contribution in [2.45, 2.75) is 0 Å². The molecule has 0 aliphatic carbocycles. The first-order chi connectivity index (χ1) is 47.5. The van der Waals surface area contributed by atoms with E-state index in [1.807, 2.05) is 170 Å². The molecule has 446 valence electrons. The van der Waals surface area contributed by atoms with Gasteiger partial charge in [-0.15, -0.1) is 0 Å². The van der Waals surface area contributed by atoms with Gasteiger partial charge in [0.05, 0.1) is 56.7 Å². The van der Waals surface area contributed by atoms with Crippen LogP contribution in [0.2, 0.25) is 0 Å². The van der Waals surface area contributed by atoms with Crippen LogP contribution in [-0.4, -0.2) is 39.0 Å². The van der Waals surface area contributed by atoms with Gasteiger partial charge in [0.1, 0.15) is 0 Å². The standard InChI is InChI=1S/C86H52N10/c87-53-65-30-13-15-34-67(65)63-42-46-77-71(51-63)69-36-17-19-38-75(69)95(77)79-44-40-61(49-73(79)85-91-81(55-22-5-1-6-23-55)89-82(92-85)56-24-7-2-8-25-56)59-32-21-33-60(48-59)62-41-45-80(74(50-62)86-93-83(57-26-9-3-10-27-57)90-84(94-86)58-28-11-4-12-29-58)96-76-39-20-18-37-70(76)72-52-64(43-47-78(72)96)68-35-16-14-31-66(68)54-88/h1-52H. The first-order valence-electron chi connectivity index (χ1n) is 31.7. The molecule has 96 heavy (non-hydrogen) atoms. The van der Waals surface area contributed by atoms with E-state index in [0.29, 0.717) is 46.1 Å². The Bertz CT molecular complexity index is 5500. The second-order valence-electron chi connectivity index (χ2n) is 23.6. The van der Waals surface area contributed by atoms with Gasteiger partial charge in [-0.05, 0) is 123 Å². The summed E-state index contributed by atoms with van der Waals surface area (Å²) in [6.45, 7) is 0. The maximum Gasteiger partial charge on any atom is 0.166 e. The van der Waals surface area contributed by atoms with E-state index in [1.54, 1.807) is 0 Å². The second kappa shape index (κ2) is 23.9. The van der Waals surface area contributed by atoms with Gasteiger partial charge in [-0.1, -0.05) is 237 Å². The van der Waals surface area contributed by atoms with Crippen molar-refractivity contribution < 1.29 is 0 Å². The number of aromatic nitrogens is 8. The summed E-state index contributed by atoms with van der Waals surface area (Å²) < 4.78 is 4.63. The van der Waals surface area contributed by atoms with Crippen molar-refractivity contribution in [2.24, 2.45) is 0 Å². The van der Waals surface area contributed by atoms with Crippen LogP contribution in [0.15, 0.2) is 315 Å². The van der Waals surface area contributed by atoms with E-state index in [1.165, 1.54) is 0 Å². The number of hydrogen-bond acceptors (Lipinski definition) is 8. The molecule has 17 rings (SSSR count). The van der Waals surface area contributed by atoms with E-state index in [0.717, 1.165) is 133 Å². The van der Waals surface area contributed by atoms with Crippen molar-refractivity contribution >= 4 is 43.6 Å². The Kier molecular flexibility index (Phi) is 14.1. The van der Waals surface area contributed by atoms with Crippen LogP contribution in [0.25, 0.3) is 168 Å². The van der Waals surface area contributed by atoms with Crippen molar-refractivity contribution in [1.29, 1.82) is 10.5 Å². The minimum atomic E-state index is 0.511. The van der Waals surface area contributed by atoms with Gasteiger partial charge in [0.2, 0.25) is 0 Å². The third-order valence-corrected chi connectivity index (χ3v) is 17.9. The van der Waals surface area contributed by atoms with Gasteiger partial charge in [-0.2, -0.15) is 10.5 Å². The first kappa shape index (κ1) is 56.4. The van der Waals surface area contributed by atoms with E-state index in [9.17, 15) is 10.5 Å². The average Bonchev–Trinajstić information content (AvgIpc) is 1.58. The topological polar surface area (TPSA) is 135 Å². The number of para-hydroxylation sites is 2. The molecule has 0 N–H and O–H groups in total. The second-order valence-corrected chi connectivity index (χ2v) is 23.6. The summed E-state index contributed by atoms with van der Waals surface area (Å²) in [6, 6.07) is 112. The SMILES string of the molecule is N#Cc1ccccc1-c1ccc2c(c1)c1ccccc1n2-c1ccc(-c2cccc(-c3ccc(-n4c5ccccc5c5cc(-c6ccccc6C#N)ccc54)c(-c4nc(-c5ccccc5)nc(-c5ccccc5)n4)c3)c2)cc1-c1nc(-c2ccccc2)nc(-c2ccccc2)n1. The van der Waals surface area contributed by atoms with Crippen LogP contribution >= 0.6 is 0 Å². The Morgan fingerprint density at radius 2 is 0.510 bits per heavy atom. The lowest BCUT2D eigenvalue weighted by atomic mass is 9.95. The highest BCUT2D eigenvalue weighted by Crippen LogP contribution is 2.44. The van der Waals surface area contributed by atoms with Crippen LogP contribution < -0.4 is 0 Å². The normalized spacial score (nSPS) is 11.3. The van der Waals surface area contributed by atoms with Crippen molar-refractivity contribution in [3.05, 3.63) is 327 Å². The van der Waals surface area contributed by atoms with E-state index in [-0.39, 0.29) is 0 Å². The zero-order chi connectivity index (χ0) is 64.1. The number of benzene rings is 13. The Morgan fingerprint density at radius 3 is 0.896 bits per heavy atom. The summed E-state index contributed by atoms with van der Waals surface area (Å²) in [5, 5.41) is 24.7. The lowest BCUT2D eigenvalue weighted by Crippen LogP contribution is -2.04. The van der Waals surface area contributed by atoms with E-state index in [4.69, 9.17) is 29.9 Å². The summed E-state index contributed by atoms with van der Waals surface area (Å²) in [5.74, 6) is 3.23. The molecule has 0 saturated carbocycles. The van der Waals surface area contributed by atoms with Crippen LogP contribution in [0.5, 0.6) is 0 Å². The molecule has 0 fully saturated rings. The highest BCUT2D eigenvalue weighted by atomic mass is 15.1. The third kappa shape index (κ3) is 10.1. The van der Waals surface area contributed by atoms with Crippen molar-refractivity contribution in [3.63, 3.8) is 0 Å². The highest BCUT2D eigenvalue weighted by molar-refractivity contribution is 6.12. The molecule has 0 aliphatic rings. The molecule has 17 aromatic rings. The van der Waals surface area contributed by atoms with Gasteiger partial charge < -0.3 is 9.13 Å². The van der Waals surface area contributed by atoms with Crippen LogP contribution in [0.1, 0.15) is 11.1 Å². The summed E-state index contributed by atoms with van der Waals surface area (Å²) in [7, 11) is 0. The van der Waals surface area contributed by atoms with Crippen LogP contribution in [0, 0.1) is 22.7 Å². The molecule has 0 spiro atoms. The zero-order valence-electron chi connectivity index (χ0n) is 51.5. The predicted octanol–water partition coefficient (Wildman–Crippen LogP) is 20.7. The fourth-order valence-electron chi connectivity index (χ4n) is 13.4. The Balaban J connectivity index is 0.873. The van der Waals surface area contributed by atoms with Gasteiger partial charge in [-0.25, -0.2) is 29.9 Å². The molecule has 0 bridgehead atoms. The van der Waals surface area contributed by atoms with Gasteiger partial charge in [0.15, 0.2) is 34.9 Å². The van der Waals surface area contributed by atoms with Crippen LogP contribution in [0.4, 0.5) is 0 Å². The van der Waals surface area contributed by atoms with Crippen molar-refractivity contribution in [3.8, 4) is 136 Å². The average molecular weight is 1230 g/mol. The minimum Gasteiger partial charge on any atom is -0.309 e. The van der Waals surface area contributed by atoms with Gasteiger partial charge in [-0.3, -0.25) is 0 Å². The fraction of sp³-hybridized carbons (Fsp3) is 0. The maximum absolute atomic E-state index is 10.2. The number of fused-ring (bicyclic) bond motifs is 6. The lowest BCUT2D eigenvalue weighted by Gasteiger charge is -2.17. The quantitative estimate of drug-likeness (QED) is 0.118. The smallest absolute Gasteiger partial charge is 0.166 e. The van der Waals surface area contributed by atoms with Crippen LogP contribution in [0.3, 0.4) is 0 Å². The summed E-state index contributed by atoms with van der Waals surface area (Å²) in [4.78, 5) is 31.8. The molecule has 0 atom stereocenters. The summed E-state index contributed by atoms with van der Waals surface area (Å²) >= 11 is 0. The zero-order valence-corrected chi connectivity index (χ0v) is 51.5. The minimum absolute atomic E-state index is 0.511. The Morgan fingerprint density at radius 1 is 0.208 bits per heavy atom. The molecular formula is C86H52N10. The Hall–Kier alpha value is -13.5. The van der Waals surface area contributed by atoms with Gasteiger partial charge in [0, 0.05) is 54.9 Å². The molecule has 4 heterocycles. The number of hydrogen-bond donors (Lipinski definition) is 0. The molecule has 13 aromatic carbocycles. The van der Waals surface area contributed by atoms with E-state index < -0.39 is 0 Å². The fourth-order valence-corrected chi connectivity index (χ4v) is 13.4. The monoisotopic (exact) mass is 1220 g/mol. The molecule has 0 amide bonds. The molecule has 0 aliphatic heterocycles. The molecule has 0 saturated heterocycles. The van der Waals surface area contributed by atoms with E-state index >= 15 is 0 Å². The number of nitriles is 2. The summed E-state index contributed by atoms with van der Waals surface area (Å²) in [5.41, 5.74) is 19.6.